The average molecular weight is 321 g/mol. The maximum absolute atomic E-state index is 12.6. The quantitative estimate of drug-likeness (QED) is 0.813. The van der Waals surface area contributed by atoms with Crippen LogP contribution < -0.4 is 0 Å². The van der Waals surface area contributed by atoms with Crippen LogP contribution in [0.5, 0.6) is 0 Å². The molecule has 3 nitrogen and oxygen atoms in total. The van der Waals surface area contributed by atoms with Crippen LogP contribution in [0.4, 0.5) is 0 Å². The Hall–Kier alpha value is -1.65. The fourth-order valence-electron chi connectivity index (χ4n) is 2.73. The number of halogens is 1. The third-order valence-electron chi connectivity index (χ3n) is 3.85. The Labute approximate surface area is 128 Å². The number of aldehydes is 1. The van der Waals surface area contributed by atoms with Crippen LogP contribution in [0.2, 0.25) is 5.02 Å². The molecule has 0 aromatic heterocycles. The molecule has 0 N–H and O–H groups in total. The fourth-order valence-corrected chi connectivity index (χ4v) is 4.99. The van der Waals surface area contributed by atoms with Crippen LogP contribution in [0.1, 0.15) is 11.5 Å². The number of hydrogen-bond acceptors (Lipinski definition) is 3. The van der Waals surface area contributed by atoms with E-state index in [1.165, 1.54) is 0 Å². The van der Waals surface area contributed by atoms with E-state index in [4.69, 9.17) is 11.6 Å². The largest absolute Gasteiger partial charge is 0.303 e. The fraction of sp³-hybridized carbons (Fsp3) is 0.188. The van der Waals surface area contributed by atoms with Gasteiger partial charge in [0.05, 0.1) is 10.1 Å². The van der Waals surface area contributed by atoms with E-state index in [1.54, 1.807) is 54.6 Å². The van der Waals surface area contributed by atoms with Crippen molar-refractivity contribution in [1.82, 2.24) is 0 Å². The summed E-state index contributed by atoms with van der Waals surface area (Å²) in [6.45, 7) is 0. The lowest BCUT2D eigenvalue weighted by molar-refractivity contribution is -0.108. The van der Waals surface area contributed by atoms with E-state index in [2.05, 4.69) is 0 Å². The third kappa shape index (κ3) is 2.49. The lowest BCUT2D eigenvalue weighted by Crippen LogP contribution is -2.10. The summed E-state index contributed by atoms with van der Waals surface area (Å²) in [7, 11) is -3.50. The first kappa shape index (κ1) is 14.3. The van der Waals surface area contributed by atoms with Crippen molar-refractivity contribution in [2.45, 2.75) is 16.1 Å². The lowest BCUT2D eigenvalue weighted by Gasteiger charge is -2.04. The predicted molar refractivity (Wildman–Crippen MR) is 81.2 cm³/mol. The van der Waals surface area contributed by atoms with Crippen molar-refractivity contribution in [3.8, 4) is 0 Å². The molecule has 21 heavy (non-hydrogen) atoms. The lowest BCUT2D eigenvalue weighted by atomic mass is 10.1. The molecule has 1 fully saturated rings. The van der Waals surface area contributed by atoms with Crippen LogP contribution >= 0.6 is 11.6 Å². The van der Waals surface area contributed by atoms with Crippen molar-refractivity contribution in [2.24, 2.45) is 5.92 Å². The predicted octanol–water partition coefficient (Wildman–Crippen LogP) is 3.09. The molecule has 108 valence electrons. The van der Waals surface area contributed by atoms with E-state index < -0.39 is 21.0 Å². The van der Waals surface area contributed by atoms with Crippen molar-refractivity contribution in [1.29, 1.82) is 0 Å². The molecule has 1 aliphatic rings. The molecule has 0 heterocycles. The summed E-state index contributed by atoms with van der Waals surface area (Å²) in [5.41, 5.74) is 0.834. The number of rotatable bonds is 4. The van der Waals surface area contributed by atoms with Crippen molar-refractivity contribution in [2.75, 3.05) is 0 Å². The molecule has 0 radical (unpaired) electrons. The molecule has 2 aromatic rings. The summed E-state index contributed by atoms with van der Waals surface area (Å²) in [6, 6.07) is 15.2. The Morgan fingerprint density at radius 1 is 0.952 bits per heavy atom. The standard InChI is InChI=1S/C16H13ClO3S/c17-12-8-6-11(7-9-12)15-14(10-18)16(15)21(19,20)13-4-2-1-3-5-13/h1-10,14-16H/t14-,15+,16-/m1/s1. The molecule has 0 bridgehead atoms. The van der Waals surface area contributed by atoms with Crippen molar-refractivity contribution in [3.05, 3.63) is 65.2 Å². The highest BCUT2D eigenvalue weighted by molar-refractivity contribution is 7.92. The van der Waals surface area contributed by atoms with Gasteiger partial charge < -0.3 is 4.79 Å². The van der Waals surface area contributed by atoms with Gasteiger partial charge in [0.1, 0.15) is 6.29 Å². The van der Waals surface area contributed by atoms with Crippen LogP contribution in [0.3, 0.4) is 0 Å². The van der Waals surface area contributed by atoms with E-state index in [1.807, 2.05) is 0 Å². The Kier molecular flexibility index (Phi) is 3.59. The van der Waals surface area contributed by atoms with E-state index in [-0.39, 0.29) is 10.8 Å². The third-order valence-corrected chi connectivity index (χ3v) is 6.35. The Balaban J connectivity index is 1.96. The molecule has 0 spiro atoms. The zero-order chi connectivity index (χ0) is 15.0. The molecular weight excluding hydrogens is 308 g/mol. The van der Waals surface area contributed by atoms with E-state index in [0.717, 1.165) is 11.8 Å². The van der Waals surface area contributed by atoms with Crippen molar-refractivity contribution in [3.63, 3.8) is 0 Å². The summed E-state index contributed by atoms with van der Waals surface area (Å²) in [5.74, 6) is -0.777. The van der Waals surface area contributed by atoms with Gasteiger partial charge in [-0.25, -0.2) is 8.42 Å². The number of carbonyl (C=O) groups excluding carboxylic acids is 1. The van der Waals surface area contributed by atoms with Gasteiger partial charge in [-0.15, -0.1) is 0 Å². The van der Waals surface area contributed by atoms with Gasteiger partial charge in [-0.2, -0.15) is 0 Å². The summed E-state index contributed by atoms with van der Waals surface area (Å²) in [6.07, 6.45) is 0.741. The van der Waals surface area contributed by atoms with Crippen LogP contribution in [-0.2, 0) is 14.6 Å². The SMILES string of the molecule is O=C[C@@H]1[C@H](c2ccc(Cl)cc2)[C@@H]1S(=O)(=O)c1ccccc1. The molecule has 5 heteroatoms. The Morgan fingerprint density at radius 3 is 2.14 bits per heavy atom. The highest BCUT2D eigenvalue weighted by Crippen LogP contribution is 2.52. The van der Waals surface area contributed by atoms with E-state index in [0.29, 0.717) is 5.02 Å². The maximum Gasteiger partial charge on any atom is 0.182 e. The first-order chi connectivity index (χ1) is 10.1. The van der Waals surface area contributed by atoms with Crippen molar-refractivity contribution < 1.29 is 13.2 Å². The molecule has 1 aliphatic carbocycles. The highest BCUT2D eigenvalue weighted by atomic mass is 35.5. The Morgan fingerprint density at radius 2 is 1.57 bits per heavy atom. The molecule has 0 aliphatic heterocycles. The highest BCUT2D eigenvalue weighted by Gasteiger charge is 2.58. The zero-order valence-corrected chi connectivity index (χ0v) is 12.6. The second-order valence-electron chi connectivity index (χ2n) is 5.11. The maximum atomic E-state index is 12.6. The van der Waals surface area contributed by atoms with E-state index in [9.17, 15) is 13.2 Å². The molecule has 0 amide bonds. The Bertz CT molecular complexity index is 754. The van der Waals surface area contributed by atoms with Crippen LogP contribution in [0.25, 0.3) is 0 Å². The van der Waals surface area contributed by atoms with Gasteiger partial charge in [0.2, 0.25) is 0 Å². The first-order valence-electron chi connectivity index (χ1n) is 6.55. The normalized spacial score (nSPS) is 24.5. The minimum Gasteiger partial charge on any atom is -0.303 e. The number of benzene rings is 2. The molecular formula is C16H13ClO3S. The van der Waals surface area contributed by atoms with Gasteiger partial charge in [0.25, 0.3) is 0 Å². The molecule has 0 saturated heterocycles. The second kappa shape index (κ2) is 5.28. The smallest absolute Gasteiger partial charge is 0.182 e. The van der Waals surface area contributed by atoms with Crippen molar-refractivity contribution >= 4 is 27.7 Å². The summed E-state index contributed by atoms with van der Waals surface area (Å²) in [4.78, 5) is 11.5. The number of sulfone groups is 1. The van der Waals surface area contributed by atoms with Gasteiger partial charge in [-0.1, -0.05) is 41.9 Å². The van der Waals surface area contributed by atoms with Gasteiger partial charge in [0, 0.05) is 16.9 Å². The number of carbonyl (C=O) groups is 1. The summed E-state index contributed by atoms with van der Waals surface area (Å²) in [5, 5.41) is -0.0944. The first-order valence-corrected chi connectivity index (χ1v) is 8.48. The molecule has 3 atom stereocenters. The van der Waals surface area contributed by atoms with Gasteiger partial charge in [-0.3, -0.25) is 0 Å². The summed E-state index contributed by atoms with van der Waals surface area (Å²) < 4.78 is 25.3. The zero-order valence-electron chi connectivity index (χ0n) is 11.0. The number of hydrogen-bond donors (Lipinski definition) is 0. The van der Waals surface area contributed by atoms with Crippen LogP contribution in [-0.4, -0.2) is 20.0 Å². The minimum absolute atomic E-state index is 0.262. The summed E-state index contributed by atoms with van der Waals surface area (Å²) >= 11 is 5.84. The van der Waals surface area contributed by atoms with Crippen LogP contribution in [0, 0.1) is 5.92 Å². The molecule has 1 saturated carbocycles. The monoisotopic (exact) mass is 320 g/mol. The molecule has 2 aromatic carbocycles. The molecule has 0 unspecified atom stereocenters. The van der Waals surface area contributed by atoms with Crippen LogP contribution in [0.15, 0.2) is 59.5 Å². The average Bonchev–Trinajstić information content (AvgIpc) is 3.24. The van der Waals surface area contributed by atoms with E-state index >= 15 is 0 Å². The van der Waals surface area contributed by atoms with Gasteiger partial charge in [-0.05, 0) is 29.8 Å². The molecule has 3 rings (SSSR count). The van der Waals surface area contributed by atoms with Gasteiger partial charge >= 0.3 is 0 Å². The van der Waals surface area contributed by atoms with Gasteiger partial charge in [0.15, 0.2) is 9.84 Å². The minimum atomic E-state index is -3.50. The second-order valence-corrected chi connectivity index (χ2v) is 7.66. The topological polar surface area (TPSA) is 51.2 Å².